The highest BCUT2D eigenvalue weighted by atomic mass is 16.4. The van der Waals surface area contributed by atoms with Crippen molar-refractivity contribution < 1.29 is 9.52 Å². The average molecular weight is 222 g/mol. The molecule has 0 radical (unpaired) electrons. The van der Waals surface area contributed by atoms with E-state index in [1.54, 1.807) is 19.1 Å². The van der Waals surface area contributed by atoms with Gasteiger partial charge in [0.1, 0.15) is 0 Å². The van der Waals surface area contributed by atoms with Gasteiger partial charge in [0.15, 0.2) is 22.5 Å². The molecule has 0 amide bonds. The summed E-state index contributed by atoms with van der Waals surface area (Å²) in [6, 6.07) is 3.25. The molecule has 3 N–H and O–H groups in total. The summed E-state index contributed by atoms with van der Waals surface area (Å²) in [5, 5.41) is 9.52. The first kappa shape index (κ1) is 12.0. The highest BCUT2D eigenvalue weighted by Crippen LogP contribution is 2.25. The van der Waals surface area contributed by atoms with Gasteiger partial charge in [-0.2, -0.15) is 0 Å². The fourth-order valence-corrected chi connectivity index (χ4v) is 1.18. The Hall–Kier alpha value is -2.04. The number of pyridine rings is 1. The van der Waals surface area contributed by atoms with Gasteiger partial charge < -0.3 is 15.3 Å². The number of rotatable bonds is 0. The number of nitrogens with two attached hydrogens (primary N) is 1. The Kier molecular flexibility index (Phi) is 3.50. The van der Waals surface area contributed by atoms with E-state index in [1.165, 1.54) is 0 Å². The van der Waals surface area contributed by atoms with Crippen LogP contribution in [0.2, 0.25) is 0 Å². The Balaban J connectivity index is 0.000000606. The maximum Gasteiger partial charge on any atom is 0.363 e. The Morgan fingerprint density at radius 2 is 2.00 bits per heavy atom. The molecule has 2 heterocycles. The number of hydrogen-bond donors (Lipinski definition) is 2. The highest BCUT2D eigenvalue weighted by molar-refractivity contribution is 5.83. The number of nitrogens with zero attached hydrogens (tertiary/aromatic N) is 1. The zero-order valence-electron chi connectivity index (χ0n) is 9.44. The van der Waals surface area contributed by atoms with Gasteiger partial charge in [0.25, 0.3) is 0 Å². The molecule has 0 saturated carbocycles. The first-order valence-electron chi connectivity index (χ1n) is 4.98. The summed E-state index contributed by atoms with van der Waals surface area (Å²) in [5.41, 5.74) is 5.39. The van der Waals surface area contributed by atoms with E-state index in [9.17, 15) is 9.90 Å². The largest absolute Gasteiger partial charge is 0.504 e. The summed E-state index contributed by atoms with van der Waals surface area (Å²) < 4.78 is 4.83. The first-order chi connectivity index (χ1) is 7.59. The van der Waals surface area contributed by atoms with Crippen LogP contribution in [0.1, 0.15) is 19.5 Å². The topological polar surface area (TPSA) is 89.4 Å². The molecule has 0 aliphatic carbocycles. The summed E-state index contributed by atoms with van der Waals surface area (Å²) in [4.78, 5) is 15.1. The summed E-state index contributed by atoms with van der Waals surface area (Å²) in [7, 11) is 0. The number of hydrogen-bond acceptors (Lipinski definition) is 5. The van der Waals surface area contributed by atoms with Crippen molar-refractivity contribution in [3.05, 3.63) is 28.2 Å². The van der Waals surface area contributed by atoms with Gasteiger partial charge in [0, 0.05) is 5.69 Å². The molecule has 16 heavy (non-hydrogen) atoms. The molecule has 2 aromatic rings. The van der Waals surface area contributed by atoms with Gasteiger partial charge >= 0.3 is 5.63 Å². The van der Waals surface area contributed by atoms with Gasteiger partial charge in [0.2, 0.25) is 0 Å². The van der Waals surface area contributed by atoms with E-state index in [-0.39, 0.29) is 22.5 Å². The van der Waals surface area contributed by atoms with Crippen LogP contribution >= 0.6 is 0 Å². The van der Waals surface area contributed by atoms with Crippen LogP contribution in [0.3, 0.4) is 0 Å². The maximum atomic E-state index is 11.1. The predicted octanol–water partition coefficient (Wildman–Crippen LogP) is 1.81. The van der Waals surface area contributed by atoms with E-state index in [1.807, 2.05) is 13.8 Å². The van der Waals surface area contributed by atoms with Crippen LogP contribution < -0.4 is 11.4 Å². The number of aromatic hydroxyl groups is 1. The summed E-state index contributed by atoms with van der Waals surface area (Å²) in [5.74, 6) is -0.319. The highest BCUT2D eigenvalue weighted by Gasteiger charge is 2.11. The van der Waals surface area contributed by atoms with Crippen molar-refractivity contribution >= 4 is 16.8 Å². The van der Waals surface area contributed by atoms with Crippen molar-refractivity contribution in [3.8, 4) is 5.75 Å². The molecule has 5 nitrogen and oxygen atoms in total. The third kappa shape index (κ3) is 1.98. The third-order valence-corrected chi connectivity index (χ3v) is 1.90. The Morgan fingerprint density at radius 3 is 2.62 bits per heavy atom. The quantitative estimate of drug-likeness (QED) is 0.709. The molecule has 0 aliphatic rings. The van der Waals surface area contributed by atoms with Crippen LogP contribution in [0.25, 0.3) is 11.1 Å². The first-order valence-corrected chi connectivity index (χ1v) is 4.98. The second-order valence-corrected chi connectivity index (χ2v) is 2.95. The van der Waals surface area contributed by atoms with E-state index < -0.39 is 5.63 Å². The molecule has 2 aromatic heterocycles. The van der Waals surface area contributed by atoms with Crippen LogP contribution in [0.5, 0.6) is 5.75 Å². The van der Waals surface area contributed by atoms with Crippen LogP contribution in [-0.2, 0) is 0 Å². The summed E-state index contributed by atoms with van der Waals surface area (Å²) in [6.45, 7) is 5.76. The van der Waals surface area contributed by atoms with Crippen LogP contribution in [0.4, 0.5) is 5.69 Å². The monoisotopic (exact) mass is 222 g/mol. The molecule has 0 bridgehead atoms. The van der Waals surface area contributed by atoms with Gasteiger partial charge in [0.05, 0.1) is 0 Å². The Labute approximate surface area is 92.5 Å². The third-order valence-electron chi connectivity index (χ3n) is 1.90. The number of aryl methyl sites for hydroxylation is 1. The van der Waals surface area contributed by atoms with Crippen molar-refractivity contribution in [2.45, 2.75) is 20.8 Å². The van der Waals surface area contributed by atoms with Gasteiger partial charge in [-0.1, -0.05) is 13.8 Å². The normalized spacial score (nSPS) is 9.69. The predicted molar refractivity (Wildman–Crippen MR) is 62.4 cm³/mol. The summed E-state index contributed by atoms with van der Waals surface area (Å²) >= 11 is 0. The molecule has 0 unspecified atom stereocenters. The minimum absolute atomic E-state index is 0.210. The Bertz CT molecular complexity index is 561. The zero-order chi connectivity index (χ0) is 12.3. The number of nitrogen functional groups attached to an aromatic ring is 1. The van der Waals surface area contributed by atoms with Crippen LogP contribution in [0.15, 0.2) is 21.3 Å². The molecule has 5 heteroatoms. The Morgan fingerprint density at radius 1 is 1.38 bits per heavy atom. The fourth-order valence-electron chi connectivity index (χ4n) is 1.18. The standard InChI is InChI=1S/C9H8N2O3.C2H6/c1-4-2-3-5-7(11-4)8(12)6(10)9(13)14-5;1-2/h2-3,12H,10H2,1H3;1-2H3. The van der Waals surface area contributed by atoms with E-state index in [0.29, 0.717) is 5.69 Å². The van der Waals surface area contributed by atoms with E-state index in [2.05, 4.69) is 4.98 Å². The van der Waals surface area contributed by atoms with Crippen LogP contribution in [0, 0.1) is 6.92 Å². The molecule has 0 aromatic carbocycles. The second kappa shape index (κ2) is 4.65. The van der Waals surface area contributed by atoms with Crippen molar-refractivity contribution in [2.24, 2.45) is 0 Å². The lowest BCUT2D eigenvalue weighted by molar-refractivity contribution is 0.470. The lowest BCUT2D eigenvalue weighted by atomic mass is 10.3. The minimum atomic E-state index is -0.749. The van der Waals surface area contributed by atoms with E-state index in [0.717, 1.165) is 0 Å². The molecule has 0 spiro atoms. The SMILES string of the molecule is CC.Cc1ccc2oc(=O)c(N)c(O)c2n1. The van der Waals surface area contributed by atoms with Gasteiger partial charge in [-0.05, 0) is 19.1 Å². The lowest BCUT2D eigenvalue weighted by Gasteiger charge is -2.01. The van der Waals surface area contributed by atoms with Gasteiger partial charge in [-0.3, -0.25) is 0 Å². The minimum Gasteiger partial charge on any atom is -0.504 e. The summed E-state index contributed by atoms with van der Waals surface area (Å²) in [6.07, 6.45) is 0. The van der Waals surface area contributed by atoms with E-state index >= 15 is 0 Å². The zero-order valence-corrected chi connectivity index (χ0v) is 9.44. The van der Waals surface area contributed by atoms with Gasteiger partial charge in [-0.25, -0.2) is 9.78 Å². The molecule has 0 atom stereocenters. The number of anilines is 1. The maximum absolute atomic E-state index is 11.1. The van der Waals surface area contributed by atoms with Crippen molar-refractivity contribution in [1.82, 2.24) is 4.98 Å². The average Bonchev–Trinajstić information content (AvgIpc) is 2.30. The smallest absolute Gasteiger partial charge is 0.363 e. The molecule has 0 aliphatic heterocycles. The van der Waals surface area contributed by atoms with Crippen molar-refractivity contribution in [3.63, 3.8) is 0 Å². The number of fused-ring (bicyclic) bond motifs is 1. The lowest BCUT2D eigenvalue weighted by Crippen LogP contribution is -2.07. The molecular weight excluding hydrogens is 208 g/mol. The molecule has 0 saturated heterocycles. The van der Waals surface area contributed by atoms with E-state index in [4.69, 9.17) is 10.2 Å². The van der Waals surface area contributed by atoms with Gasteiger partial charge in [-0.15, -0.1) is 0 Å². The molecular formula is C11H14N2O3. The number of aromatic nitrogens is 1. The second-order valence-electron chi connectivity index (χ2n) is 2.95. The fraction of sp³-hybridized carbons (Fsp3) is 0.273. The van der Waals surface area contributed by atoms with Crippen molar-refractivity contribution in [1.29, 1.82) is 0 Å². The van der Waals surface area contributed by atoms with Crippen molar-refractivity contribution in [2.75, 3.05) is 5.73 Å². The molecule has 2 rings (SSSR count). The van der Waals surface area contributed by atoms with Crippen LogP contribution in [-0.4, -0.2) is 10.1 Å². The molecule has 0 fully saturated rings. The molecule has 86 valence electrons.